The third-order valence-electron chi connectivity index (χ3n) is 6.33. The molecule has 7 nitrogen and oxygen atoms in total. The minimum absolute atomic E-state index is 0.0853. The number of anilines is 1. The molecule has 3 atom stereocenters. The molecular weight excluding hydrogens is 484 g/mol. The Balaban J connectivity index is 1.53. The summed E-state index contributed by atoms with van der Waals surface area (Å²) in [4.78, 5) is 47.1. The van der Waals surface area contributed by atoms with Gasteiger partial charge >= 0.3 is 0 Å². The van der Waals surface area contributed by atoms with Gasteiger partial charge in [-0.2, -0.15) is 0 Å². The number of halogens is 1. The molecule has 2 fully saturated rings. The summed E-state index contributed by atoms with van der Waals surface area (Å²) < 4.78 is 0.773. The first kappa shape index (κ1) is 23.4. The van der Waals surface area contributed by atoms with Crippen LogP contribution in [0, 0.1) is 11.8 Å². The summed E-state index contributed by atoms with van der Waals surface area (Å²) in [5, 5.41) is 2.94. The summed E-state index contributed by atoms with van der Waals surface area (Å²) in [5.74, 6) is 0.253. The number of pyridine rings is 1. The van der Waals surface area contributed by atoms with Gasteiger partial charge in [0.1, 0.15) is 11.7 Å². The highest BCUT2D eigenvalue weighted by Crippen LogP contribution is 2.28. The number of nitrogens with zero attached hydrogens (tertiary/aromatic N) is 3. The van der Waals surface area contributed by atoms with Crippen molar-refractivity contribution in [2.75, 3.05) is 25.0 Å². The van der Waals surface area contributed by atoms with Crippen LogP contribution in [0.3, 0.4) is 0 Å². The van der Waals surface area contributed by atoms with Gasteiger partial charge in [-0.05, 0) is 61.4 Å². The van der Waals surface area contributed by atoms with E-state index >= 15 is 0 Å². The van der Waals surface area contributed by atoms with Gasteiger partial charge in [0.05, 0.1) is 11.3 Å². The second-order valence-corrected chi connectivity index (χ2v) is 10.1. The van der Waals surface area contributed by atoms with Crippen LogP contribution in [0.25, 0.3) is 0 Å². The maximum absolute atomic E-state index is 13.4. The number of piperidine rings is 1. The molecule has 0 bridgehead atoms. The lowest BCUT2D eigenvalue weighted by molar-refractivity contribution is -0.119. The van der Waals surface area contributed by atoms with Crippen LogP contribution >= 0.6 is 15.9 Å². The molecular formula is C25H29BrN4O3. The summed E-state index contributed by atoms with van der Waals surface area (Å²) >= 11 is 3.46. The standard InChI is InChI=1S/C25H29BrN4O3/c1-16-12-17(2)15-29(14-16)24(32)19-13-18(26)8-9-20(19)28-23(31)22-7-5-11-30(22)25(33)21-6-3-4-10-27-21/h3-4,6,8-10,13,16-17,22H,5,7,11-12,14-15H2,1-2H3,(H,28,31)/t16-,17+,22-/m0/s1. The number of aromatic nitrogens is 1. The minimum atomic E-state index is -0.596. The van der Waals surface area contributed by atoms with Crippen molar-refractivity contribution in [1.82, 2.24) is 14.8 Å². The number of hydrogen-bond acceptors (Lipinski definition) is 4. The maximum Gasteiger partial charge on any atom is 0.273 e. The Labute approximate surface area is 202 Å². The molecule has 33 heavy (non-hydrogen) atoms. The van der Waals surface area contributed by atoms with Gasteiger partial charge in [0.2, 0.25) is 5.91 Å². The molecule has 1 aromatic carbocycles. The lowest BCUT2D eigenvalue weighted by Crippen LogP contribution is -2.44. The number of carbonyl (C=O) groups excluding carboxylic acids is 3. The van der Waals surface area contributed by atoms with Crippen LogP contribution in [-0.4, -0.2) is 58.2 Å². The zero-order valence-electron chi connectivity index (χ0n) is 19.0. The van der Waals surface area contributed by atoms with E-state index in [1.807, 2.05) is 4.90 Å². The molecule has 2 aliphatic rings. The van der Waals surface area contributed by atoms with Crippen molar-refractivity contribution in [3.05, 3.63) is 58.3 Å². The van der Waals surface area contributed by atoms with E-state index in [-0.39, 0.29) is 17.7 Å². The molecule has 2 saturated heterocycles. The van der Waals surface area contributed by atoms with Crippen LogP contribution in [0.15, 0.2) is 47.1 Å². The Bertz CT molecular complexity index is 1040. The Kier molecular flexibility index (Phi) is 7.12. The molecule has 1 aromatic heterocycles. The average Bonchev–Trinajstić information content (AvgIpc) is 3.29. The molecule has 4 rings (SSSR count). The second kappa shape index (κ2) is 10.0. The minimum Gasteiger partial charge on any atom is -0.338 e. The fraction of sp³-hybridized carbons (Fsp3) is 0.440. The van der Waals surface area contributed by atoms with E-state index in [1.165, 1.54) is 0 Å². The molecule has 0 unspecified atom stereocenters. The molecule has 0 radical (unpaired) electrons. The SMILES string of the molecule is C[C@@H]1C[C@H](C)CN(C(=O)c2cc(Br)ccc2NC(=O)[C@@H]2CCCN2C(=O)c2ccccn2)C1. The predicted octanol–water partition coefficient (Wildman–Crippen LogP) is 4.21. The average molecular weight is 513 g/mol. The number of nitrogens with one attached hydrogen (secondary N) is 1. The van der Waals surface area contributed by atoms with Crippen LogP contribution in [0.1, 0.15) is 54.0 Å². The Morgan fingerprint density at radius 1 is 1.06 bits per heavy atom. The van der Waals surface area contributed by atoms with Crippen molar-refractivity contribution in [1.29, 1.82) is 0 Å². The van der Waals surface area contributed by atoms with Gasteiger partial charge in [-0.15, -0.1) is 0 Å². The Morgan fingerprint density at radius 2 is 1.82 bits per heavy atom. The van der Waals surface area contributed by atoms with E-state index in [9.17, 15) is 14.4 Å². The highest BCUT2D eigenvalue weighted by atomic mass is 79.9. The monoisotopic (exact) mass is 512 g/mol. The van der Waals surface area contributed by atoms with E-state index < -0.39 is 6.04 Å². The van der Waals surface area contributed by atoms with E-state index in [0.29, 0.717) is 54.8 Å². The topological polar surface area (TPSA) is 82.6 Å². The summed E-state index contributed by atoms with van der Waals surface area (Å²) in [6.07, 6.45) is 3.99. The van der Waals surface area contributed by atoms with Crippen molar-refractivity contribution in [3.8, 4) is 0 Å². The van der Waals surface area contributed by atoms with Crippen LogP contribution in [0.2, 0.25) is 0 Å². The smallest absolute Gasteiger partial charge is 0.273 e. The number of likely N-dealkylation sites (tertiary alicyclic amines) is 2. The highest BCUT2D eigenvalue weighted by molar-refractivity contribution is 9.10. The van der Waals surface area contributed by atoms with Gasteiger partial charge in [0, 0.05) is 30.3 Å². The Morgan fingerprint density at radius 3 is 2.52 bits per heavy atom. The first-order valence-corrected chi connectivity index (χ1v) is 12.2. The largest absolute Gasteiger partial charge is 0.338 e. The molecule has 0 spiro atoms. The molecule has 174 valence electrons. The third kappa shape index (κ3) is 5.27. The fourth-order valence-corrected chi connectivity index (χ4v) is 5.30. The third-order valence-corrected chi connectivity index (χ3v) is 6.82. The van der Waals surface area contributed by atoms with Crippen LogP contribution in [0.5, 0.6) is 0 Å². The lowest BCUT2D eigenvalue weighted by Gasteiger charge is -2.35. The molecule has 0 saturated carbocycles. The highest BCUT2D eigenvalue weighted by Gasteiger charge is 2.36. The molecule has 0 aliphatic carbocycles. The van der Waals surface area contributed by atoms with E-state index in [2.05, 4.69) is 40.1 Å². The molecule has 3 heterocycles. The molecule has 2 aliphatic heterocycles. The van der Waals surface area contributed by atoms with Gasteiger partial charge in [-0.1, -0.05) is 35.8 Å². The molecule has 1 N–H and O–H groups in total. The van der Waals surface area contributed by atoms with E-state index in [1.54, 1.807) is 47.5 Å². The summed E-state index contributed by atoms with van der Waals surface area (Å²) in [5.41, 5.74) is 1.25. The lowest BCUT2D eigenvalue weighted by atomic mass is 9.91. The molecule has 3 amide bonds. The number of hydrogen-bond donors (Lipinski definition) is 1. The molecule has 8 heteroatoms. The summed E-state index contributed by atoms with van der Waals surface area (Å²) in [7, 11) is 0. The number of carbonyl (C=O) groups is 3. The Hall–Kier alpha value is -2.74. The van der Waals surface area contributed by atoms with Crippen molar-refractivity contribution in [2.45, 2.75) is 39.2 Å². The second-order valence-electron chi connectivity index (χ2n) is 9.21. The number of rotatable bonds is 4. The van der Waals surface area contributed by atoms with Crippen molar-refractivity contribution in [2.24, 2.45) is 11.8 Å². The van der Waals surface area contributed by atoms with Crippen molar-refractivity contribution in [3.63, 3.8) is 0 Å². The number of amides is 3. The van der Waals surface area contributed by atoms with E-state index in [4.69, 9.17) is 0 Å². The van der Waals surface area contributed by atoms with Gasteiger partial charge in [0.25, 0.3) is 11.8 Å². The van der Waals surface area contributed by atoms with Gasteiger partial charge in [-0.3, -0.25) is 19.4 Å². The zero-order valence-corrected chi connectivity index (χ0v) is 20.5. The first-order chi connectivity index (χ1) is 15.8. The summed E-state index contributed by atoms with van der Waals surface area (Å²) in [6.45, 7) is 6.24. The van der Waals surface area contributed by atoms with Crippen LogP contribution < -0.4 is 5.32 Å². The van der Waals surface area contributed by atoms with Crippen molar-refractivity contribution >= 4 is 39.3 Å². The fourth-order valence-electron chi connectivity index (χ4n) is 4.94. The normalized spacial score (nSPS) is 22.8. The van der Waals surface area contributed by atoms with Gasteiger partial charge in [-0.25, -0.2) is 0 Å². The predicted molar refractivity (Wildman–Crippen MR) is 130 cm³/mol. The zero-order chi connectivity index (χ0) is 23.5. The van der Waals surface area contributed by atoms with Crippen LogP contribution in [-0.2, 0) is 4.79 Å². The van der Waals surface area contributed by atoms with Gasteiger partial charge in [0.15, 0.2) is 0 Å². The quantitative estimate of drug-likeness (QED) is 0.665. The maximum atomic E-state index is 13.4. The number of benzene rings is 1. The van der Waals surface area contributed by atoms with Crippen LogP contribution in [0.4, 0.5) is 5.69 Å². The van der Waals surface area contributed by atoms with Gasteiger partial charge < -0.3 is 15.1 Å². The van der Waals surface area contributed by atoms with Crippen molar-refractivity contribution < 1.29 is 14.4 Å². The summed E-state index contributed by atoms with van der Waals surface area (Å²) in [6, 6.07) is 9.87. The van der Waals surface area contributed by atoms with E-state index in [0.717, 1.165) is 17.3 Å². The first-order valence-electron chi connectivity index (χ1n) is 11.4. The molecule has 2 aromatic rings.